The molecule has 0 aliphatic rings. The van der Waals surface area contributed by atoms with Gasteiger partial charge in [-0.15, -0.1) is 11.3 Å². The molecule has 21 heavy (non-hydrogen) atoms. The molecule has 104 valence electrons. The minimum Gasteiger partial charge on any atom is -0.508 e. The molecule has 0 amide bonds. The first-order valence-electron chi connectivity index (χ1n) is 6.25. The summed E-state index contributed by atoms with van der Waals surface area (Å²) >= 11 is 1.43. The van der Waals surface area contributed by atoms with Crippen molar-refractivity contribution < 1.29 is 9.50 Å². The predicted octanol–water partition coefficient (Wildman–Crippen LogP) is 4.41. The van der Waals surface area contributed by atoms with Crippen molar-refractivity contribution >= 4 is 22.7 Å². The van der Waals surface area contributed by atoms with Gasteiger partial charge >= 0.3 is 0 Å². The van der Waals surface area contributed by atoms with Gasteiger partial charge in [0.05, 0.1) is 5.69 Å². The van der Waals surface area contributed by atoms with Crippen LogP contribution >= 0.6 is 11.3 Å². The summed E-state index contributed by atoms with van der Waals surface area (Å²) in [6.45, 7) is 0. The third-order valence-corrected chi connectivity index (χ3v) is 3.60. The van der Waals surface area contributed by atoms with Crippen molar-refractivity contribution in [1.82, 2.24) is 4.98 Å². The maximum absolute atomic E-state index is 12.8. The Labute approximate surface area is 125 Å². The number of nitrogens with zero attached hydrogens (tertiary/aromatic N) is 2. The Bertz CT molecular complexity index is 764. The van der Waals surface area contributed by atoms with E-state index in [1.807, 2.05) is 5.38 Å². The number of phenols is 1. The number of aliphatic imine (C=N–C) groups is 1. The molecule has 0 saturated heterocycles. The molecule has 3 rings (SSSR count). The van der Waals surface area contributed by atoms with Gasteiger partial charge < -0.3 is 5.11 Å². The van der Waals surface area contributed by atoms with Gasteiger partial charge in [0.1, 0.15) is 11.6 Å². The maximum atomic E-state index is 12.8. The number of hydrogen-bond acceptors (Lipinski definition) is 4. The summed E-state index contributed by atoms with van der Waals surface area (Å²) in [7, 11) is 0. The van der Waals surface area contributed by atoms with Crippen molar-refractivity contribution in [2.75, 3.05) is 0 Å². The number of rotatable bonds is 3. The lowest BCUT2D eigenvalue weighted by Gasteiger charge is -1.95. The highest BCUT2D eigenvalue weighted by molar-refractivity contribution is 7.13. The molecule has 1 heterocycles. The SMILES string of the molecule is Oc1ccc(-c2csc(/N=C/c3ccc(F)cc3)n2)cc1. The van der Waals surface area contributed by atoms with Crippen LogP contribution in [0.25, 0.3) is 11.3 Å². The normalized spacial score (nSPS) is 11.1. The number of hydrogen-bond donors (Lipinski definition) is 1. The van der Waals surface area contributed by atoms with Crippen LogP contribution in [-0.2, 0) is 0 Å². The molecule has 3 nitrogen and oxygen atoms in total. The molecule has 0 radical (unpaired) electrons. The van der Waals surface area contributed by atoms with Gasteiger partial charge in [0.15, 0.2) is 0 Å². The van der Waals surface area contributed by atoms with Gasteiger partial charge in [-0.05, 0) is 42.0 Å². The van der Waals surface area contributed by atoms with Gasteiger partial charge in [-0.25, -0.2) is 14.4 Å². The highest BCUT2D eigenvalue weighted by Crippen LogP contribution is 2.27. The van der Waals surface area contributed by atoms with Gasteiger partial charge in [-0.1, -0.05) is 12.1 Å². The van der Waals surface area contributed by atoms with Crippen molar-refractivity contribution in [1.29, 1.82) is 0 Å². The van der Waals surface area contributed by atoms with Crippen molar-refractivity contribution in [2.24, 2.45) is 4.99 Å². The Balaban J connectivity index is 1.78. The zero-order valence-corrected chi connectivity index (χ0v) is 11.7. The largest absolute Gasteiger partial charge is 0.508 e. The standard InChI is InChI=1S/C16H11FN2OS/c17-13-5-1-11(2-6-13)9-18-16-19-15(10-21-16)12-3-7-14(20)8-4-12/h1-10,20H/b18-9+. The quantitative estimate of drug-likeness (QED) is 0.728. The molecule has 5 heteroatoms. The topological polar surface area (TPSA) is 45.5 Å². The maximum Gasteiger partial charge on any atom is 0.209 e. The molecule has 0 bridgehead atoms. The van der Waals surface area contributed by atoms with E-state index in [4.69, 9.17) is 0 Å². The summed E-state index contributed by atoms with van der Waals surface area (Å²) < 4.78 is 12.8. The number of benzene rings is 2. The van der Waals surface area contributed by atoms with Crippen LogP contribution in [0.15, 0.2) is 58.9 Å². The molecule has 0 fully saturated rings. The fraction of sp³-hybridized carbons (Fsp3) is 0. The van der Waals surface area contributed by atoms with Crippen molar-refractivity contribution in [3.05, 3.63) is 65.3 Å². The van der Waals surface area contributed by atoms with Gasteiger partial charge in [0, 0.05) is 17.2 Å². The second-order valence-corrected chi connectivity index (χ2v) is 5.21. The Kier molecular flexibility index (Phi) is 3.75. The predicted molar refractivity (Wildman–Crippen MR) is 82.9 cm³/mol. The Morgan fingerprint density at radius 2 is 1.76 bits per heavy atom. The Morgan fingerprint density at radius 1 is 1.05 bits per heavy atom. The van der Waals surface area contributed by atoms with E-state index in [1.54, 1.807) is 42.6 Å². The Morgan fingerprint density at radius 3 is 2.48 bits per heavy atom. The summed E-state index contributed by atoms with van der Waals surface area (Å²) in [5.74, 6) is -0.0421. The van der Waals surface area contributed by atoms with E-state index in [0.717, 1.165) is 16.8 Å². The number of halogens is 1. The fourth-order valence-corrected chi connectivity index (χ4v) is 2.44. The van der Waals surface area contributed by atoms with E-state index >= 15 is 0 Å². The van der Waals surface area contributed by atoms with Crippen LogP contribution in [0, 0.1) is 5.82 Å². The van der Waals surface area contributed by atoms with Crippen LogP contribution in [0.2, 0.25) is 0 Å². The molecular weight excluding hydrogens is 287 g/mol. The molecule has 0 aliphatic carbocycles. The van der Waals surface area contributed by atoms with E-state index in [2.05, 4.69) is 9.98 Å². The van der Waals surface area contributed by atoms with Crippen molar-refractivity contribution in [2.45, 2.75) is 0 Å². The van der Waals surface area contributed by atoms with Gasteiger partial charge in [0.2, 0.25) is 5.13 Å². The first kappa shape index (κ1) is 13.5. The summed E-state index contributed by atoms with van der Waals surface area (Å²) in [4.78, 5) is 8.69. The van der Waals surface area contributed by atoms with Crippen LogP contribution in [0.4, 0.5) is 9.52 Å². The summed E-state index contributed by atoms with van der Waals surface area (Å²) in [5, 5.41) is 11.8. The molecule has 2 aromatic carbocycles. The second-order valence-electron chi connectivity index (χ2n) is 4.37. The number of phenolic OH excluding ortho intramolecular Hbond substituents is 1. The average Bonchev–Trinajstić information content (AvgIpc) is 2.96. The lowest BCUT2D eigenvalue weighted by atomic mass is 10.2. The van der Waals surface area contributed by atoms with Crippen molar-refractivity contribution in [3.63, 3.8) is 0 Å². The first-order chi connectivity index (χ1) is 10.2. The molecule has 0 aliphatic heterocycles. The molecule has 0 atom stereocenters. The Hall–Kier alpha value is -2.53. The summed E-state index contributed by atoms with van der Waals surface area (Å²) in [6, 6.07) is 13.0. The zero-order chi connectivity index (χ0) is 14.7. The highest BCUT2D eigenvalue weighted by atomic mass is 32.1. The van der Waals surface area contributed by atoms with E-state index in [-0.39, 0.29) is 11.6 Å². The van der Waals surface area contributed by atoms with Crippen LogP contribution in [-0.4, -0.2) is 16.3 Å². The second kappa shape index (κ2) is 5.85. The minimum absolute atomic E-state index is 0.225. The fourth-order valence-electron chi connectivity index (χ4n) is 1.77. The molecular formula is C16H11FN2OS. The third kappa shape index (κ3) is 3.32. The van der Waals surface area contributed by atoms with Gasteiger partial charge in [0.25, 0.3) is 0 Å². The average molecular weight is 298 g/mol. The number of aromatic hydroxyl groups is 1. The third-order valence-electron chi connectivity index (χ3n) is 2.85. The van der Waals surface area contributed by atoms with Crippen LogP contribution in [0.1, 0.15) is 5.56 Å². The van der Waals surface area contributed by atoms with Gasteiger partial charge in [-0.2, -0.15) is 0 Å². The molecule has 0 saturated carbocycles. The lowest BCUT2D eigenvalue weighted by Crippen LogP contribution is -1.81. The van der Waals surface area contributed by atoms with E-state index in [1.165, 1.54) is 23.5 Å². The smallest absolute Gasteiger partial charge is 0.209 e. The molecule has 3 aromatic rings. The van der Waals surface area contributed by atoms with Gasteiger partial charge in [-0.3, -0.25) is 0 Å². The summed E-state index contributed by atoms with van der Waals surface area (Å²) in [6.07, 6.45) is 1.65. The summed E-state index contributed by atoms with van der Waals surface area (Å²) in [5.41, 5.74) is 2.55. The molecule has 0 unspecified atom stereocenters. The first-order valence-corrected chi connectivity index (χ1v) is 7.13. The molecule has 1 N–H and O–H groups in total. The van der Waals surface area contributed by atoms with Crippen LogP contribution in [0.3, 0.4) is 0 Å². The van der Waals surface area contributed by atoms with E-state index in [0.29, 0.717) is 5.13 Å². The molecule has 1 aromatic heterocycles. The van der Waals surface area contributed by atoms with Crippen molar-refractivity contribution in [3.8, 4) is 17.0 Å². The van der Waals surface area contributed by atoms with Crippen LogP contribution < -0.4 is 0 Å². The molecule has 0 spiro atoms. The zero-order valence-electron chi connectivity index (χ0n) is 10.9. The van der Waals surface area contributed by atoms with E-state index < -0.39 is 0 Å². The number of aromatic nitrogens is 1. The number of thiazole rings is 1. The van der Waals surface area contributed by atoms with E-state index in [9.17, 15) is 9.50 Å². The highest BCUT2D eigenvalue weighted by Gasteiger charge is 2.03. The minimum atomic E-state index is -0.268. The van der Waals surface area contributed by atoms with Crippen LogP contribution in [0.5, 0.6) is 5.75 Å². The monoisotopic (exact) mass is 298 g/mol. The lowest BCUT2D eigenvalue weighted by molar-refractivity contribution is 0.475.